The Kier molecular flexibility index (Phi) is 6.33. The van der Waals surface area contributed by atoms with Gasteiger partial charge in [0, 0.05) is 34.8 Å². The van der Waals surface area contributed by atoms with E-state index in [1.807, 2.05) is 42.6 Å². The Hall–Kier alpha value is -2.88. The second-order valence-electron chi connectivity index (χ2n) is 9.58. The molecule has 9 heteroatoms. The molecule has 0 spiro atoms. The third-order valence-corrected chi connectivity index (χ3v) is 8.67. The van der Waals surface area contributed by atoms with Crippen LogP contribution < -0.4 is 15.4 Å². The Balaban J connectivity index is 1.46. The molecule has 1 aromatic carbocycles. The smallest absolute Gasteiger partial charge is 0.338 e. The average Bonchev–Trinajstić information content (AvgIpc) is 3.38. The molecule has 2 fully saturated rings. The van der Waals surface area contributed by atoms with Crippen LogP contribution in [0.4, 0.5) is 4.79 Å². The highest BCUT2D eigenvalue weighted by Gasteiger charge is 2.50. The maximum absolute atomic E-state index is 12.9. The maximum Gasteiger partial charge on any atom is 0.338 e. The molecule has 8 nitrogen and oxygen atoms in total. The number of ether oxygens (including phenoxy) is 2. The summed E-state index contributed by atoms with van der Waals surface area (Å²) < 4.78 is 10.7. The van der Waals surface area contributed by atoms with Gasteiger partial charge in [-0.1, -0.05) is 18.2 Å². The van der Waals surface area contributed by atoms with E-state index < -0.39 is 17.6 Å². The number of amides is 2. The summed E-state index contributed by atoms with van der Waals surface area (Å²) in [6, 6.07) is 8.97. The number of hydrogen-bond acceptors (Lipinski definition) is 7. The number of carbonyl (C=O) groups is 2. The monoisotopic (exact) mass is 497 g/mol. The topological polar surface area (TPSA) is 100 Å². The first-order chi connectivity index (χ1) is 16.8. The Morgan fingerprint density at radius 1 is 1.20 bits per heavy atom. The highest BCUT2D eigenvalue weighted by molar-refractivity contribution is 7.10. The van der Waals surface area contributed by atoms with Crippen LogP contribution in [-0.4, -0.2) is 54.9 Å². The number of carbonyl (C=O) groups excluding carboxylic acids is 2. The fraction of sp³-hybridized carbons (Fsp3) is 0.462. The predicted molar refractivity (Wildman–Crippen MR) is 132 cm³/mol. The highest BCUT2D eigenvalue weighted by atomic mass is 32.1. The molecule has 3 aliphatic heterocycles. The number of aliphatic hydroxyl groups is 1. The zero-order chi connectivity index (χ0) is 24.7. The van der Waals surface area contributed by atoms with Gasteiger partial charge in [-0.15, -0.1) is 11.3 Å². The molecule has 3 atom stereocenters. The summed E-state index contributed by atoms with van der Waals surface area (Å²) in [6.07, 6.45) is 3.01. The molecular weight excluding hydrogens is 466 g/mol. The Labute approximate surface area is 208 Å². The van der Waals surface area contributed by atoms with Crippen LogP contribution in [0.3, 0.4) is 0 Å². The molecule has 4 heterocycles. The van der Waals surface area contributed by atoms with Crippen molar-refractivity contribution < 1.29 is 24.2 Å². The molecule has 35 heavy (non-hydrogen) atoms. The zero-order valence-corrected chi connectivity index (χ0v) is 21.0. The van der Waals surface area contributed by atoms with Gasteiger partial charge >= 0.3 is 12.0 Å². The molecule has 186 valence electrons. The van der Waals surface area contributed by atoms with Crippen LogP contribution in [0.25, 0.3) is 0 Å². The third kappa shape index (κ3) is 4.22. The standard InChI is InChI=1S/C26H31N3O5S/c1-15-10-11-35-23(15)22-21(24(30)34-3)19(27-25(31)28-22)14-29-16-8-9-17(29)13-26(32,12-16)18-6-4-5-7-20(18)33-2/h4-7,10-11,16-17,22,32H,8-9,12-14H2,1-3H3,(H2,27,28,31)/t16-,17-,22-/m1/s1. The number of aryl methyl sites for hydroxylation is 1. The van der Waals surface area contributed by atoms with Crippen LogP contribution in [0, 0.1) is 6.92 Å². The molecule has 1 aromatic heterocycles. The van der Waals surface area contributed by atoms with Crippen LogP contribution >= 0.6 is 11.3 Å². The molecule has 3 aliphatic rings. The largest absolute Gasteiger partial charge is 0.496 e. The van der Waals surface area contributed by atoms with E-state index in [0.717, 1.165) is 28.8 Å². The Morgan fingerprint density at radius 2 is 1.91 bits per heavy atom. The van der Waals surface area contributed by atoms with E-state index >= 15 is 0 Å². The summed E-state index contributed by atoms with van der Waals surface area (Å²) in [4.78, 5) is 28.8. The van der Waals surface area contributed by atoms with Gasteiger partial charge in [0.15, 0.2) is 0 Å². The first-order valence-corrected chi connectivity index (χ1v) is 12.8. The van der Waals surface area contributed by atoms with Gasteiger partial charge in [-0.3, -0.25) is 4.90 Å². The third-order valence-electron chi connectivity index (χ3n) is 7.59. The van der Waals surface area contributed by atoms with Crippen molar-refractivity contribution in [2.45, 2.75) is 56.3 Å². The zero-order valence-electron chi connectivity index (χ0n) is 20.2. The van der Waals surface area contributed by atoms with Gasteiger partial charge in [-0.05, 0) is 55.7 Å². The van der Waals surface area contributed by atoms with Crippen molar-refractivity contribution in [1.82, 2.24) is 15.5 Å². The number of methoxy groups -OCH3 is 2. The molecule has 3 N–H and O–H groups in total. The van der Waals surface area contributed by atoms with E-state index in [9.17, 15) is 14.7 Å². The second-order valence-corrected chi connectivity index (χ2v) is 10.5. The van der Waals surface area contributed by atoms with Gasteiger partial charge in [0.2, 0.25) is 0 Å². The fourth-order valence-corrected chi connectivity index (χ4v) is 6.96. The highest BCUT2D eigenvalue weighted by Crippen LogP contribution is 2.48. The minimum Gasteiger partial charge on any atom is -0.496 e. The fourth-order valence-electron chi connectivity index (χ4n) is 5.98. The number of thiophene rings is 1. The lowest BCUT2D eigenvalue weighted by Crippen LogP contribution is -2.53. The van der Waals surface area contributed by atoms with Crippen molar-refractivity contribution >= 4 is 23.3 Å². The SMILES string of the molecule is COC(=O)C1=C(CN2[C@@H]3CC[C@@H]2CC(O)(c2ccccc2OC)C3)NC(=O)N[C@H]1c1sccc1C. The number of rotatable bonds is 6. The van der Waals surface area contributed by atoms with E-state index in [4.69, 9.17) is 9.47 Å². The molecule has 2 amide bonds. The van der Waals surface area contributed by atoms with E-state index in [-0.39, 0.29) is 18.1 Å². The molecule has 2 bridgehead atoms. The van der Waals surface area contributed by atoms with Crippen molar-refractivity contribution in [3.05, 3.63) is 63.0 Å². The van der Waals surface area contributed by atoms with E-state index in [2.05, 4.69) is 15.5 Å². The van der Waals surface area contributed by atoms with Crippen LogP contribution in [0.1, 0.15) is 47.7 Å². The van der Waals surface area contributed by atoms with Gasteiger partial charge in [0.1, 0.15) is 5.75 Å². The van der Waals surface area contributed by atoms with E-state index in [1.165, 1.54) is 18.4 Å². The van der Waals surface area contributed by atoms with Gasteiger partial charge in [0.05, 0.1) is 31.4 Å². The van der Waals surface area contributed by atoms with Gasteiger partial charge in [-0.25, -0.2) is 9.59 Å². The van der Waals surface area contributed by atoms with E-state index in [1.54, 1.807) is 7.11 Å². The molecule has 0 saturated carbocycles. The number of benzene rings is 1. The van der Waals surface area contributed by atoms with Gasteiger partial charge < -0.3 is 25.2 Å². The normalized spacial score (nSPS) is 28.5. The number of para-hydroxylation sites is 1. The van der Waals surface area contributed by atoms with Crippen molar-refractivity contribution in [1.29, 1.82) is 0 Å². The molecule has 2 aromatic rings. The van der Waals surface area contributed by atoms with Crippen molar-refractivity contribution in [2.24, 2.45) is 0 Å². The minimum absolute atomic E-state index is 0.115. The second kappa shape index (κ2) is 9.29. The lowest BCUT2D eigenvalue weighted by Gasteiger charge is -2.45. The van der Waals surface area contributed by atoms with Crippen LogP contribution in [0.15, 0.2) is 47.0 Å². The van der Waals surface area contributed by atoms with Crippen molar-refractivity contribution in [2.75, 3.05) is 20.8 Å². The van der Waals surface area contributed by atoms with Crippen molar-refractivity contribution in [3.8, 4) is 5.75 Å². The Morgan fingerprint density at radius 3 is 2.54 bits per heavy atom. The number of fused-ring (bicyclic) bond motifs is 2. The molecule has 2 saturated heterocycles. The molecule has 5 rings (SSSR count). The molecular formula is C26H31N3O5S. The summed E-state index contributed by atoms with van der Waals surface area (Å²) in [7, 11) is 2.98. The summed E-state index contributed by atoms with van der Waals surface area (Å²) in [5.74, 6) is 0.235. The molecule has 0 radical (unpaired) electrons. The number of urea groups is 1. The van der Waals surface area contributed by atoms with Gasteiger partial charge in [-0.2, -0.15) is 0 Å². The molecule has 0 aliphatic carbocycles. The number of esters is 1. The number of hydrogen-bond donors (Lipinski definition) is 3. The lowest BCUT2D eigenvalue weighted by atomic mass is 9.80. The van der Waals surface area contributed by atoms with Crippen LogP contribution in [-0.2, 0) is 15.1 Å². The Bertz CT molecular complexity index is 1160. The first-order valence-electron chi connectivity index (χ1n) is 11.9. The molecule has 0 unspecified atom stereocenters. The number of piperidine rings is 1. The van der Waals surface area contributed by atoms with Gasteiger partial charge in [0.25, 0.3) is 0 Å². The van der Waals surface area contributed by atoms with Crippen molar-refractivity contribution in [3.63, 3.8) is 0 Å². The quantitative estimate of drug-likeness (QED) is 0.530. The summed E-state index contributed by atoms with van der Waals surface area (Å²) in [6.45, 7) is 2.38. The summed E-state index contributed by atoms with van der Waals surface area (Å²) in [5, 5.41) is 19.5. The minimum atomic E-state index is -0.984. The average molecular weight is 498 g/mol. The summed E-state index contributed by atoms with van der Waals surface area (Å²) >= 11 is 1.51. The van der Waals surface area contributed by atoms with Crippen LogP contribution in [0.5, 0.6) is 5.75 Å². The predicted octanol–water partition coefficient (Wildman–Crippen LogP) is 3.36. The number of nitrogens with one attached hydrogen (secondary N) is 2. The lowest BCUT2D eigenvalue weighted by molar-refractivity contribution is -0.136. The maximum atomic E-state index is 12.9. The van der Waals surface area contributed by atoms with E-state index in [0.29, 0.717) is 36.4 Å². The summed E-state index contributed by atoms with van der Waals surface area (Å²) in [5.41, 5.74) is 1.85. The number of nitrogens with zero attached hydrogens (tertiary/aromatic N) is 1. The van der Waals surface area contributed by atoms with Crippen LogP contribution in [0.2, 0.25) is 0 Å². The first kappa shape index (κ1) is 23.8.